The number of carbonyl (C=O) groups is 3. The Labute approximate surface area is 151 Å². The average molecular weight is 349 g/mol. The van der Waals surface area contributed by atoms with Crippen molar-refractivity contribution in [2.75, 3.05) is 5.32 Å². The maximum atomic E-state index is 12.6. The summed E-state index contributed by atoms with van der Waals surface area (Å²) in [5.41, 5.74) is 3.55. The quantitative estimate of drug-likeness (QED) is 0.755. The van der Waals surface area contributed by atoms with Crippen LogP contribution in [0.4, 0.5) is 5.69 Å². The SMILES string of the molecule is O=C1c2ccccc2-c2ccc(NC(=O)[C@@H]3CCCC[C@@H]3C(=O)O)cc21. The molecule has 2 aliphatic carbocycles. The van der Waals surface area contributed by atoms with E-state index in [0.717, 1.165) is 24.0 Å². The summed E-state index contributed by atoms with van der Waals surface area (Å²) in [6.07, 6.45) is 2.82. The Balaban J connectivity index is 1.58. The lowest BCUT2D eigenvalue weighted by Gasteiger charge is -2.27. The number of anilines is 1. The van der Waals surface area contributed by atoms with E-state index in [4.69, 9.17) is 0 Å². The van der Waals surface area contributed by atoms with Crippen molar-refractivity contribution in [2.45, 2.75) is 25.7 Å². The Morgan fingerprint density at radius 3 is 2.27 bits per heavy atom. The minimum absolute atomic E-state index is 0.0484. The number of hydrogen-bond donors (Lipinski definition) is 2. The van der Waals surface area contributed by atoms with Crippen molar-refractivity contribution in [2.24, 2.45) is 11.8 Å². The molecule has 1 saturated carbocycles. The number of amides is 1. The number of fused-ring (bicyclic) bond motifs is 3. The van der Waals surface area contributed by atoms with Crippen LogP contribution in [-0.2, 0) is 9.59 Å². The highest BCUT2D eigenvalue weighted by atomic mass is 16.4. The van der Waals surface area contributed by atoms with Crippen LogP contribution >= 0.6 is 0 Å². The Hall–Kier alpha value is -2.95. The molecule has 0 spiro atoms. The molecule has 2 atom stereocenters. The van der Waals surface area contributed by atoms with Gasteiger partial charge >= 0.3 is 5.97 Å². The first-order valence-corrected chi connectivity index (χ1v) is 8.88. The lowest BCUT2D eigenvalue weighted by Crippen LogP contribution is -2.36. The van der Waals surface area contributed by atoms with E-state index in [2.05, 4.69) is 5.32 Å². The molecule has 0 radical (unpaired) electrons. The molecule has 0 aliphatic heterocycles. The van der Waals surface area contributed by atoms with Gasteiger partial charge in [0.2, 0.25) is 5.91 Å². The molecule has 2 aromatic carbocycles. The van der Waals surface area contributed by atoms with E-state index in [0.29, 0.717) is 29.7 Å². The summed E-state index contributed by atoms with van der Waals surface area (Å²) in [6.45, 7) is 0. The number of ketones is 1. The highest BCUT2D eigenvalue weighted by Crippen LogP contribution is 2.38. The van der Waals surface area contributed by atoms with Gasteiger partial charge in [-0.2, -0.15) is 0 Å². The lowest BCUT2D eigenvalue weighted by atomic mass is 9.78. The molecule has 26 heavy (non-hydrogen) atoms. The van der Waals surface area contributed by atoms with Crippen LogP contribution in [0.25, 0.3) is 11.1 Å². The monoisotopic (exact) mass is 349 g/mol. The van der Waals surface area contributed by atoms with Gasteiger partial charge < -0.3 is 10.4 Å². The first-order valence-electron chi connectivity index (χ1n) is 8.88. The van der Waals surface area contributed by atoms with E-state index in [9.17, 15) is 19.5 Å². The van der Waals surface area contributed by atoms with E-state index in [1.54, 1.807) is 18.2 Å². The van der Waals surface area contributed by atoms with Crippen LogP contribution in [0.5, 0.6) is 0 Å². The molecule has 132 valence electrons. The number of aliphatic carboxylic acids is 1. The summed E-state index contributed by atoms with van der Waals surface area (Å²) in [5, 5.41) is 12.2. The fourth-order valence-electron chi connectivity index (χ4n) is 4.08. The molecule has 5 nitrogen and oxygen atoms in total. The van der Waals surface area contributed by atoms with Gasteiger partial charge in [-0.05, 0) is 36.1 Å². The average Bonchev–Trinajstić information content (AvgIpc) is 2.94. The van der Waals surface area contributed by atoms with Gasteiger partial charge in [0.1, 0.15) is 0 Å². The summed E-state index contributed by atoms with van der Waals surface area (Å²) in [6, 6.07) is 12.7. The summed E-state index contributed by atoms with van der Waals surface area (Å²) in [7, 11) is 0. The van der Waals surface area contributed by atoms with Gasteiger partial charge in [-0.1, -0.05) is 43.2 Å². The van der Waals surface area contributed by atoms with Crippen molar-refractivity contribution in [1.82, 2.24) is 0 Å². The van der Waals surface area contributed by atoms with Crippen molar-refractivity contribution in [3.05, 3.63) is 53.6 Å². The largest absolute Gasteiger partial charge is 0.481 e. The number of rotatable bonds is 3. The van der Waals surface area contributed by atoms with Crippen LogP contribution in [0.2, 0.25) is 0 Å². The first kappa shape index (κ1) is 16.5. The van der Waals surface area contributed by atoms with Gasteiger partial charge in [0.25, 0.3) is 0 Å². The summed E-state index contributed by atoms with van der Waals surface area (Å²) in [4.78, 5) is 36.6. The molecule has 4 rings (SSSR count). The molecule has 1 amide bonds. The zero-order chi connectivity index (χ0) is 18.3. The number of benzene rings is 2. The maximum Gasteiger partial charge on any atom is 0.307 e. The fourth-order valence-corrected chi connectivity index (χ4v) is 4.08. The predicted octanol–water partition coefficient (Wildman–Crippen LogP) is 3.73. The van der Waals surface area contributed by atoms with Gasteiger partial charge in [0, 0.05) is 16.8 Å². The molecule has 0 saturated heterocycles. The summed E-state index contributed by atoms with van der Waals surface area (Å²) >= 11 is 0. The topological polar surface area (TPSA) is 83.5 Å². The molecule has 0 unspecified atom stereocenters. The highest BCUT2D eigenvalue weighted by molar-refractivity contribution is 6.22. The van der Waals surface area contributed by atoms with E-state index in [1.165, 1.54) is 0 Å². The Morgan fingerprint density at radius 2 is 1.54 bits per heavy atom. The number of hydrogen-bond acceptors (Lipinski definition) is 3. The van der Waals surface area contributed by atoms with Crippen molar-refractivity contribution >= 4 is 23.3 Å². The second-order valence-electron chi connectivity index (χ2n) is 6.96. The molecular formula is C21H19NO4. The first-order chi connectivity index (χ1) is 12.6. The van der Waals surface area contributed by atoms with Crippen LogP contribution in [-0.4, -0.2) is 22.8 Å². The van der Waals surface area contributed by atoms with E-state index in [1.807, 2.05) is 24.3 Å². The summed E-state index contributed by atoms with van der Waals surface area (Å²) in [5.74, 6) is -2.40. The Bertz CT molecular complexity index is 918. The van der Waals surface area contributed by atoms with E-state index >= 15 is 0 Å². The van der Waals surface area contributed by atoms with Crippen LogP contribution in [0.1, 0.15) is 41.6 Å². The summed E-state index contributed by atoms with van der Waals surface area (Å²) < 4.78 is 0. The fraction of sp³-hybridized carbons (Fsp3) is 0.286. The maximum absolute atomic E-state index is 12.6. The van der Waals surface area contributed by atoms with Gasteiger partial charge in [-0.25, -0.2) is 0 Å². The zero-order valence-corrected chi connectivity index (χ0v) is 14.2. The van der Waals surface area contributed by atoms with Crippen LogP contribution < -0.4 is 5.32 Å². The normalized spacial score (nSPS) is 21.0. The molecule has 2 N–H and O–H groups in total. The van der Waals surface area contributed by atoms with Gasteiger partial charge in [0.15, 0.2) is 5.78 Å². The third-order valence-corrected chi connectivity index (χ3v) is 5.41. The number of carbonyl (C=O) groups excluding carboxylic acids is 2. The minimum Gasteiger partial charge on any atom is -0.481 e. The zero-order valence-electron chi connectivity index (χ0n) is 14.2. The lowest BCUT2D eigenvalue weighted by molar-refractivity contribution is -0.147. The molecular weight excluding hydrogens is 330 g/mol. The molecule has 1 fully saturated rings. The highest BCUT2D eigenvalue weighted by Gasteiger charge is 2.36. The van der Waals surface area contributed by atoms with Crippen LogP contribution in [0.15, 0.2) is 42.5 Å². The molecule has 0 aromatic heterocycles. The number of nitrogens with one attached hydrogen (secondary N) is 1. The van der Waals surface area contributed by atoms with Crippen molar-refractivity contribution < 1.29 is 19.5 Å². The second kappa shape index (κ2) is 6.41. The van der Waals surface area contributed by atoms with Crippen molar-refractivity contribution in [3.63, 3.8) is 0 Å². The second-order valence-corrected chi connectivity index (χ2v) is 6.96. The molecule has 2 aliphatic rings. The van der Waals surface area contributed by atoms with Crippen molar-refractivity contribution in [1.29, 1.82) is 0 Å². The number of carboxylic acid groups (broad SMARTS) is 1. The Kier molecular flexibility index (Phi) is 4.07. The van der Waals surface area contributed by atoms with E-state index < -0.39 is 17.8 Å². The van der Waals surface area contributed by atoms with Gasteiger partial charge in [-0.15, -0.1) is 0 Å². The molecule has 2 aromatic rings. The van der Waals surface area contributed by atoms with Crippen molar-refractivity contribution in [3.8, 4) is 11.1 Å². The third kappa shape index (κ3) is 2.69. The third-order valence-electron chi connectivity index (χ3n) is 5.41. The van der Waals surface area contributed by atoms with Crippen LogP contribution in [0, 0.1) is 11.8 Å². The predicted molar refractivity (Wildman–Crippen MR) is 97.0 cm³/mol. The Morgan fingerprint density at radius 1 is 0.885 bits per heavy atom. The van der Waals surface area contributed by atoms with Crippen LogP contribution in [0.3, 0.4) is 0 Å². The van der Waals surface area contributed by atoms with Gasteiger partial charge in [0.05, 0.1) is 11.8 Å². The number of carboxylic acids is 1. The standard InChI is InChI=1S/C21H19NO4/c23-19-15-6-2-1-5-13(15)14-10-9-12(11-18(14)19)22-20(24)16-7-3-4-8-17(16)21(25)26/h1-2,5-6,9-11,16-17H,3-4,7-8H2,(H,22,24)(H,25,26)/t16-,17+/m1/s1. The molecule has 0 heterocycles. The van der Waals surface area contributed by atoms with Gasteiger partial charge in [-0.3, -0.25) is 14.4 Å². The molecule has 5 heteroatoms. The molecule has 0 bridgehead atoms. The minimum atomic E-state index is -0.913. The smallest absolute Gasteiger partial charge is 0.307 e. The van der Waals surface area contributed by atoms with E-state index in [-0.39, 0.29) is 11.7 Å².